The normalized spacial score (nSPS) is 22.8. The maximum Gasteiger partial charge on any atom is 0.225 e. The van der Waals surface area contributed by atoms with E-state index >= 15 is 0 Å². The summed E-state index contributed by atoms with van der Waals surface area (Å²) in [7, 11) is 0. The number of halogens is 3. The minimum atomic E-state index is -0.196. The molecule has 1 saturated heterocycles. The summed E-state index contributed by atoms with van der Waals surface area (Å²) in [6, 6.07) is 0. The van der Waals surface area contributed by atoms with Crippen molar-refractivity contribution in [2.75, 3.05) is 31.1 Å². The molecule has 0 radical (unpaired) electrons. The van der Waals surface area contributed by atoms with E-state index in [0.717, 1.165) is 32.2 Å². The highest BCUT2D eigenvalue weighted by Gasteiger charge is 2.45. The van der Waals surface area contributed by atoms with Gasteiger partial charge in [0.25, 0.3) is 0 Å². The van der Waals surface area contributed by atoms with Crippen LogP contribution in [-0.2, 0) is 4.79 Å². The van der Waals surface area contributed by atoms with Gasteiger partial charge in [-0.2, -0.15) is 0 Å². The average Bonchev–Trinajstić information content (AvgIpc) is 2.96. The molecule has 2 heterocycles. The molecule has 1 aromatic heterocycles. The van der Waals surface area contributed by atoms with E-state index < -0.39 is 0 Å². The van der Waals surface area contributed by atoms with Crippen LogP contribution in [-0.4, -0.2) is 42.0 Å². The van der Waals surface area contributed by atoms with Crippen molar-refractivity contribution in [2.24, 2.45) is 11.1 Å². The zero-order chi connectivity index (χ0) is 17.0. The van der Waals surface area contributed by atoms with Gasteiger partial charge in [-0.15, -0.1) is 24.8 Å². The molecule has 26 heavy (non-hydrogen) atoms. The van der Waals surface area contributed by atoms with Crippen LogP contribution in [0.15, 0.2) is 24.3 Å². The molecule has 1 saturated carbocycles. The van der Waals surface area contributed by atoms with Gasteiger partial charge in [-0.3, -0.25) is 4.79 Å². The molecule has 6 nitrogen and oxygen atoms in total. The maximum absolute atomic E-state index is 12.5. The van der Waals surface area contributed by atoms with E-state index in [-0.39, 0.29) is 43.4 Å². The predicted octanol–water partition coefficient (Wildman–Crippen LogP) is 2.85. The minimum absolute atomic E-state index is 0. The second kappa shape index (κ2) is 10.0. The molecule has 1 aromatic rings. The van der Waals surface area contributed by atoms with Gasteiger partial charge < -0.3 is 15.4 Å². The van der Waals surface area contributed by atoms with Crippen LogP contribution in [0.3, 0.4) is 0 Å². The largest absolute Gasteiger partial charge is 0.486 e. The third kappa shape index (κ3) is 4.84. The van der Waals surface area contributed by atoms with Gasteiger partial charge in [0, 0.05) is 37.0 Å². The molecular weight excluding hydrogens is 382 g/mol. The molecule has 2 aliphatic rings. The maximum atomic E-state index is 12.5. The number of carbonyl (C=O) groups is 1. The van der Waals surface area contributed by atoms with Crippen LogP contribution in [0.2, 0.25) is 0 Å². The van der Waals surface area contributed by atoms with Crippen molar-refractivity contribution in [1.29, 1.82) is 0 Å². The Morgan fingerprint density at radius 1 is 1.31 bits per heavy atom. The first-order valence-electron chi connectivity index (χ1n) is 8.38. The summed E-state index contributed by atoms with van der Waals surface area (Å²) in [6.07, 6.45) is 8.23. The fourth-order valence-corrected chi connectivity index (χ4v) is 3.58. The van der Waals surface area contributed by atoms with Crippen molar-refractivity contribution in [3.05, 3.63) is 24.3 Å². The van der Waals surface area contributed by atoms with Gasteiger partial charge >= 0.3 is 0 Å². The first-order valence-corrected chi connectivity index (χ1v) is 8.38. The topological polar surface area (TPSA) is 81.3 Å². The van der Waals surface area contributed by atoms with Gasteiger partial charge in [-0.1, -0.05) is 0 Å². The fraction of sp³-hybridized carbons (Fsp3) is 0.588. The Balaban J connectivity index is 0.00000169. The summed E-state index contributed by atoms with van der Waals surface area (Å²) in [5, 5.41) is 0. The molecule has 1 spiro atoms. The number of hydrogen-bond acceptors (Lipinski definition) is 6. The molecule has 3 rings (SSSR count). The Kier molecular flexibility index (Phi) is 8.73. The lowest BCUT2D eigenvalue weighted by molar-refractivity contribution is -0.126. The Bertz CT molecular complexity index is 630. The second-order valence-electron chi connectivity index (χ2n) is 6.56. The summed E-state index contributed by atoms with van der Waals surface area (Å²) in [5.41, 5.74) is 5.56. The van der Waals surface area contributed by atoms with E-state index in [1.165, 1.54) is 0 Å². The van der Waals surface area contributed by atoms with Crippen LogP contribution in [0.25, 0.3) is 0 Å². The fourth-order valence-electron chi connectivity index (χ4n) is 3.58. The number of ether oxygens (including phenoxy) is 1. The number of nitrogens with zero attached hydrogens (tertiary/aromatic N) is 3. The summed E-state index contributed by atoms with van der Waals surface area (Å²) >= 11 is 0. The number of hydrogen-bond donors (Lipinski definition) is 1. The first kappa shape index (κ1) is 22.6. The molecule has 1 unspecified atom stereocenters. The number of aromatic nitrogens is 2. The molecule has 2 N–H and O–H groups in total. The van der Waals surface area contributed by atoms with Gasteiger partial charge in [0.2, 0.25) is 5.95 Å². The zero-order valence-corrected chi connectivity index (χ0v) is 16.2. The molecule has 1 aliphatic carbocycles. The predicted molar refractivity (Wildman–Crippen MR) is 103 cm³/mol. The Hall–Kier alpha value is -1.44. The van der Waals surface area contributed by atoms with Crippen molar-refractivity contribution in [2.45, 2.75) is 32.1 Å². The summed E-state index contributed by atoms with van der Waals surface area (Å²) in [4.78, 5) is 23.0. The minimum Gasteiger partial charge on any atom is -0.486 e. The number of nitrogens with two attached hydrogens (primary N) is 1. The quantitative estimate of drug-likeness (QED) is 0.809. The van der Waals surface area contributed by atoms with Gasteiger partial charge in [0.15, 0.2) is 5.75 Å². The lowest BCUT2D eigenvalue weighted by atomic mass is 9.78. The van der Waals surface area contributed by atoms with E-state index in [1.807, 2.05) is 0 Å². The lowest BCUT2D eigenvalue weighted by Crippen LogP contribution is -2.46. The summed E-state index contributed by atoms with van der Waals surface area (Å²) in [6.45, 7) is 1.75. The number of carbonyl (C=O) groups excluding carboxylic acids is 1. The SMILES string of the molecule is Cl.Cl.NC/C(=C\F)COc1cnc(N2CCCC3(CCCC3=O)C2)nc1. The molecule has 2 fully saturated rings. The first-order chi connectivity index (χ1) is 11.7. The number of anilines is 1. The van der Waals surface area contributed by atoms with E-state index in [0.29, 0.717) is 42.3 Å². The van der Waals surface area contributed by atoms with Crippen LogP contribution >= 0.6 is 24.8 Å². The molecule has 1 atom stereocenters. The van der Waals surface area contributed by atoms with E-state index in [4.69, 9.17) is 10.5 Å². The van der Waals surface area contributed by atoms with E-state index in [2.05, 4.69) is 14.9 Å². The molecule has 0 bridgehead atoms. The van der Waals surface area contributed by atoms with E-state index in [9.17, 15) is 9.18 Å². The smallest absolute Gasteiger partial charge is 0.225 e. The van der Waals surface area contributed by atoms with Crippen LogP contribution in [0.5, 0.6) is 5.75 Å². The van der Waals surface area contributed by atoms with E-state index in [1.54, 1.807) is 12.4 Å². The number of ketones is 1. The van der Waals surface area contributed by atoms with Gasteiger partial charge in [0.1, 0.15) is 12.4 Å². The number of piperidine rings is 1. The van der Waals surface area contributed by atoms with Gasteiger partial charge in [-0.25, -0.2) is 14.4 Å². The standard InChI is InChI=1S/C17H23FN4O2.2ClH/c18-7-13(8-19)11-24-14-9-20-16(21-10-14)22-6-2-5-17(12-22)4-1-3-15(17)23;;/h7,9-10H,1-6,8,11-12,19H2;2*1H/b13-7+;;. The van der Waals surface area contributed by atoms with Crippen molar-refractivity contribution in [1.82, 2.24) is 9.97 Å². The molecule has 9 heteroatoms. The molecule has 146 valence electrons. The molecule has 0 aromatic carbocycles. The monoisotopic (exact) mass is 406 g/mol. The molecular formula is C17H25Cl2FN4O2. The number of rotatable bonds is 5. The van der Waals surface area contributed by atoms with Crippen LogP contribution in [0.1, 0.15) is 32.1 Å². The van der Waals surface area contributed by atoms with Gasteiger partial charge in [0.05, 0.1) is 18.7 Å². The van der Waals surface area contributed by atoms with Crippen molar-refractivity contribution in [3.63, 3.8) is 0 Å². The summed E-state index contributed by atoms with van der Waals surface area (Å²) in [5.74, 6) is 1.47. The number of Topliss-reactive ketones (excluding diaryl/α,β-unsaturated/α-hetero) is 1. The summed E-state index contributed by atoms with van der Waals surface area (Å²) < 4.78 is 17.9. The highest BCUT2D eigenvalue weighted by Crippen LogP contribution is 2.42. The highest BCUT2D eigenvalue weighted by atomic mass is 35.5. The van der Waals surface area contributed by atoms with Crippen LogP contribution < -0.4 is 15.4 Å². The highest BCUT2D eigenvalue weighted by molar-refractivity contribution is 5.87. The van der Waals surface area contributed by atoms with Crippen molar-refractivity contribution < 1.29 is 13.9 Å². The third-order valence-electron chi connectivity index (χ3n) is 4.97. The Morgan fingerprint density at radius 2 is 2.00 bits per heavy atom. The Morgan fingerprint density at radius 3 is 2.58 bits per heavy atom. The second-order valence-corrected chi connectivity index (χ2v) is 6.56. The molecule has 1 aliphatic heterocycles. The Labute approximate surface area is 165 Å². The third-order valence-corrected chi connectivity index (χ3v) is 4.97. The van der Waals surface area contributed by atoms with Crippen molar-refractivity contribution in [3.8, 4) is 5.75 Å². The van der Waals surface area contributed by atoms with Gasteiger partial charge in [-0.05, 0) is 25.7 Å². The average molecular weight is 407 g/mol. The van der Waals surface area contributed by atoms with Crippen LogP contribution in [0.4, 0.5) is 10.3 Å². The zero-order valence-electron chi connectivity index (χ0n) is 14.5. The lowest BCUT2D eigenvalue weighted by Gasteiger charge is -2.39. The van der Waals surface area contributed by atoms with Crippen molar-refractivity contribution >= 4 is 36.5 Å². The van der Waals surface area contributed by atoms with Crippen LogP contribution in [0, 0.1) is 5.41 Å². The molecule has 0 amide bonds.